The molecule has 0 saturated heterocycles. The molecule has 0 saturated carbocycles. The zero-order chi connectivity index (χ0) is 25.8. The van der Waals surface area contributed by atoms with Crippen molar-refractivity contribution in [2.75, 3.05) is 25.6 Å². The molecule has 0 aliphatic rings. The Balaban J connectivity index is 1.69. The monoisotopic (exact) mass is 507 g/mol. The molecule has 10 heteroatoms. The number of anilines is 1. The maximum atomic E-state index is 13.5. The number of thiophene rings is 1. The molecule has 0 radical (unpaired) electrons. The van der Waals surface area contributed by atoms with Gasteiger partial charge < -0.3 is 19.5 Å². The highest BCUT2D eigenvalue weighted by atomic mass is 32.1. The third-order valence-corrected chi connectivity index (χ3v) is 6.43. The van der Waals surface area contributed by atoms with Crippen molar-refractivity contribution >= 4 is 39.0 Å². The van der Waals surface area contributed by atoms with Crippen molar-refractivity contribution in [2.45, 2.75) is 20.8 Å². The number of hydrogen-bond donors (Lipinski definition) is 1. The number of nitrogens with zero attached hydrogens (tertiary/aromatic N) is 2. The summed E-state index contributed by atoms with van der Waals surface area (Å²) in [5.74, 6) is 0.0515. The molecule has 9 nitrogen and oxygen atoms in total. The van der Waals surface area contributed by atoms with Crippen LogP contribution in [0.3, 0.4) is 0 Å². The largest absolute Gasteiger partial charge is 0.497 e. The van der Waals surface area contributed by atoms with Crippen LogP contribution in [0.4, 0.5) is 5.00 Å². The average Bonchev–Trinajstić information content (AvgIpc) is 3.29. The number of rotatable bonds is 8. The van der Waals surface area contributed by atoms with Crippen LogP contribution in [0.2, 0.25) is 0 Å². The highest BCUT2D eigenvalue weighted by Gasteiger charge is 2.23. The smallest absolute Gasteiger partial charge is 0.359 e. The molecule has 1 amide bonds. The summed E-state index contributed by atoms with van der Waals surface area (Å²) in [6.45, 7) is 5.46. The van der Waals surface area contributed by atoms with Crippen LogP contribution in [0.15, 0.2) is 52.6 Å². The number of fused-ring (bicyclic) bond motifs is 1. The molecule has 186 valence electrons. The summed E-state index contributed by atoms with van der Waals surface area (Å²) in [5.41, 5.74) is 2.05. The lowest BCUT2D eigenvalue weighted by Crippen LogP contribution is -2.26. The maximum Gasteiger partial charge on any atom is 0.359 e. The fourth-order valence-electron chi connectivity index (χ4n) is 3.51. The Hall–Kier alpha value is -4.18. The Kier molecular flexibility index (Phi) is 7.35. The molecule has 0 atom stereocenters. The Bertz CT molecular complexity index is 1490. The van der Waals surface area contributed by atoms with E-state index in [1.54, 1.807) is 49.7 Å². The molecular weight excluding hydrogens is 482 g/mol. The van der Waals surface area contributed by atoms with E-state index in [1.807, 2.05) is 26.0 Å². The van der Waals surface area contributed by atoms with Gasteiger partial charge >= 0.3 is 5.97 Å². The molecule has 0 unspecified atom stereocenters. The minimum Gasteiger partial charge on any atom is -0.497 e. The minimum absolute atomic E-state index is 0.00379. The van der Waals surface area contributed by atoms with E-state index in [4.69, 9.17) is 14.2 Å². The summed E-state index contributed by atoms with van der Waals surface area (Å²) >= 11 is 1.13. The molecular formula is C26H25N3O6S. The van der Waals surface area contributed by atoms with E-state index in [0.29, 0.717) is 27.6 Å². The lowest BCUT2D eigenvalue weighted by atomic mass is 10.1. The SMILES string of the molecule is CCOC(=O)c1nn(-c2ccc(C)c(C)c2)c(=O)c2c(NC(=O)COc3ccc(OC)cc3)scc12. The minimum atomic E-state index is -0.654. The topological polar surface area (TPSA) is 109 Å². The molecule has 2 aromatic carbocycles. The van der Waals surface area contributed by atoms with Crippen LogP contribution in [0.25, 0.3) is 16.5 Å². The molecule has 4 rings (SSSR count). The zero-order valence-electron chi connectivity index (χ0n) is 20.3. The fraction of sp³-hybridized carbons (Fsp3) is 0.231. The predicted molar refractivity (Wildman–Crippen MR) is 138 cm³/mol. The van der Waals surface area contributed by atoms with Crippen LogP contribution < -0.4 is 20.3 Å². The highest BCUT2D eigenvalue weighted by Crippen LogP contribution is 2.31. The van der Waals surface area contributed by atoms with Gasteiger partial charge in [0.2, 0.25) is 0 Å². The first kappa shape index (κ1) is 24.9. The molecule has 0 spiro atoms. The summed E-state index contributed by atoms with van der Waals surface area (Å²) in [4.78, 5) is 38.9. The highest BCUT2D eigenvalue weighted by molar-refractivity contribution is 7.16. The molecule has 36 heavy (non-hydrogen) atoms. The van der Waals surface area contributed by atoms with Crippen molar-refractivity contribution in [1.82, 2.24) is 9.78 Å². The van der Waals surface area contributed by atoms with Gasteiger partial charge in [-0.15, -0.1) is 11.3 Å². The number of hydrogen-bond acceptors (Lipinski definition) is 8. The normalized spacial score (nSPS) is 10.8. The van der Waals surface area contributed by atoms with Gasteiger partial charge in [0.15, 0.2) is 12.3 Å². The average molecular weight is 508 g/mol. The number of ether oxygens (including phenoxy) is 3. The number of carbonyl (C=O) groups excluding carboxylic acids is 2. The van der Waals surface area contributed by atoms with Crippen LogP contribution in [0.1, 0.15) is 28.5 Å². The second-order valence-corrected chi connectivity index (χ2v) is 8.80. The molecule has 2 aromatic heterocycles. The second kappa shape index (κ2) is 10.6. The van der Waals surface area contributed by atoms with E-state index in [2.05, 4.69) is 10.4 Å². The molecule has 0 fully saturated rings. The van der Waals surface area contributed by atoms with Gasteiger partial charge in [0.1, 0.15) is 16.5 Å². The van der Waals surface area contributed by atoms with Gasteiger partial charge in [-0.05, 0) is 68.3 Å². The lowest BCUT2D eigenvalue weighted by Gasteiger charge is -2.11. The summed E-state index contributed by atoms with van der Waals surface area (Å²) in [6.07, 6.45) is 0. The van der Waals surface area contributed by atoms with Crippen molar-refractivity contribution < 1.29 is 23.8 Å². The number of carbonyl (C=O) groups is 2. The van der Waals surface area contributed by atoms with Gasteiger partial charge in [-0.1, -0.05) is 6.07 Å². The number of aromatic nitrogens is 2. The summed E-state index contributed by atoms with van der Waals surface area (Å²) in [6, 6.07) is 12.3. The van der Waals surface area contributed by atoms with Crippen LogP contribution in [0, 0.1) is 13.8 Å². The van der Waals surface area contributed by atoms with Gasteiger partial charge in [0.25, 0.3) is 11.5 Å². The molecule has 4 aromatic rings. The van der Waals surface area contributed by atoms with E-state index in [-0.39, 0.29) is 24.3 Å². The van der Waals surface area contributed by atoms with E-state index < -0.39 is 17.4 Å². The van der Waals surface area contributed by atoms with Crippen LogP contribution >= 0.6 is 11.3 Å². The summed E-state index contributed by atoms with van der Waals surface area (Å²) < 4.78 is 17.0. The van der Waals surface area contributed by atoms with E-state index >= 15 is 0 Å². The first-order chi connectivity index (χ1) is 17.3. The number of amides is 1. The van der Waals surface area contributed by atoms with Crippen molar-refractivity contribution in [1.29, 1.82) is 0 Å². The fourth-order valence-corrected chi connectivity index (χ4v) is 4.46. The van der Waals surface area contributed by atoms with Crippen molar-refractivity contribution in [3.63, 3.8) is 0 Å². The first-order valence-electron chi connectivity index (χ1n) is 11.2. The van der Waals surface area contributed by atoms with Crippen molar-refractivity contribution in [3.05, 3.63) is 75.0 Å². The van der Waals surface area contributed by atoms with Gasteiger partial charge in [-0.25, -0.2) is 4.79 Å². The summed E-state index contributed by atoms with van der Waals surface area (Å²) in [5, 5.41) is 9.46. The molecule has 0 aliphatic carbocycles. The lowest BCUT2D eigenvalue weighted by molar-refractivity contribution is -0.118. The summed E-state index contributed by atoms with van der Waals surface area (Å²) in [7, 11) is 1.56. The Morgan fingerprint density at radius 3 is 2.44 bits per heavy atom. The van der Waals surface area contributed by atoms with Gasteiger partial charge in [-0.3, -0.25) is 9.59 Å². The van der Waals surface area contributed by atoms with Gasteiger partial charge in [-0.2, -0.15) is 9.78 Å². The molecule has 0 bridgehead atoms. The van der Waals surface area contributed by atoms with Crippen LogP contribution in [-0.2, 0) is 9.53 Å². The van der Waals surface area contributed by atoms with Gasteiger partial charge in [0.05, 0.1) is 24.8 Å². The molecule has 2 heterocycles. The maximum absolute atomic E-state index is 13.5. The Morgan fingerprint density at radius 2 is 1.78 bits per heavy atom. The van der Waals surface area contributed by atoms with Crippen LogP contribution in [0.5, 0.6) is 11.5 Å². The van der Waals surface area contributed by atoms with Crippen molar-refractivity contribution in [2.24, 2.45) is 0 Å². The van der Waals surface area contributed by atoms with Crippen molar-refractivity contribution in [3.8, 4) is 17.2 Å². The zero-order valence-corrected chi connectivity index (χ0v) is 21.1. The number of methoxy groups -OCH3 is 1. The number of aryl methyl sites for hydroxylation is 2. The quantitative estimate of drug-likeness (QED) is 0.355. The van der Waals surface area contributed by atoms with E-state index in [1.165, 1.54) is 0 Å². The van der Waals surface area contributed by atoms with Crippen LogP contribution in [-0.4, -0.2) is 42.0 Å². The third kappa shape index (κ3) is 5.08. The first-order valence-corrected chi connectivity index (χ1v) is 12.1. The number of nitrogens with one attached hydrogen (secondary N) is 1. The second-order valence-electron chi connectivity index (χ2n) is 7.92. The standard InChI is InChI=1S/C26H25N3O6S/c1-5-34-26(32)23-20-14-36-24(27-21(30)13-35-19-10-8-18(33-4)9-11-19)22(20)25(31)29(28-23)17-7-6-15(2)16(3)12-17/h6-12,14H,5,13H2,1-4H3,(H,27,30). The number of esters is 1. The predicted octanol–water partition coefficient (Wildman–Crippen LogP) is 4.27. The van der Waals surface area contributed by atoms with Gasteiger partial charge in [0, 0.05) is 10.8 Å². The molecule has 0 aliphatic heterocycles. The molecule has 1 N–H and O–H groups in total. The Morgan fingerprint density at radius 1 is 1.06 bits per heavy atom. The Labute approximate surface area is 211 Å². The number of benzene rings is 2. The van der Waals surface area contributed by atoms with E-state index in [0.717, 1.165) is 27.1 Å². The van der Waals surface area contributed by atoms with E-state index in [9.17, 15) is 14.4 Å². The third-order valence-electron chi connectivity index (χ3n) is 5.54.